The Balaban J connectivity index is 3.26. The predicted molar refractivity (Wildman–Crippen MR) is 109 cm³/mol. The molecule has 0 heterocycles. The summed E-state index contributed by atoms with van der Waals surface area (Å²) < 4.78 is 5.09. The van der Waals surface area contributed by atoms with E-state index < -0.39 is 0 Å². The first kappa shape index (κ1) is 22.7. The summed E-state index contributed by atoms with van der Waals surface area (Å²) in [5.74, 6) is -0.0578. The van der Waals surface area contributed by atoms with Crippen LogP contribution in [0.1, 0.15) is 90.9 Å². The summed E-state index contributed by atoms with van der Waals surface area (Å²) in [7, 11) is 0. The number of hydrogen-bond donors (Lipinski definition) is 0. The average molecular weight is 434 g/mol. The molecule has 0 aromatic rings. The molecule has 0 aliphatic heterocycles. The van der Waals surface area contributed by atoms with Gasteiger partial charge in [0, 0.05) is 6.42 Å². The molecule has 0 rings (SSSR count). The Morgan fingerprint density at radius 2 is 1.48 bits per heavy atom. The van der Waals surface area contributed by atoms with Crippen LogP contribution in [0.4, 0.5) is 0 Å². The highest BCUT2D eigenvalue weighted by Crippen LogP contribution is 2.10. The first-order chi connectivity index (χ1) is 11.2. The third kappa shape index (κ3) is 19.6. The molecular formula is C20H35IO2. The van der Waals surface area contributed by atoms with Gasteiger partial charge in [-0.1, -0.05) is 63.3 Å². The molecule has 2 nitrogen and oxygen atoms in total. The van der Waals surface area contributed by atoms with E-state index in [2.05, 4.69) is 53.8 Å². The molecule has 0 bridgehead atoms. The maximum absolute atomic E-state index is 11.3. The second kappa shape index (κ2) is 18.0. The highest BCUT2D eigenvalue weighted by molar-refractivity contribution is 14.1. The van der Waals surface area contributed by atoms with Gasteiger partial charge in [0.2, 0.25) is 0 Å². The molecule has 0 saturated carbocycles. The van der Waals surface area contributed by atoms with Crippen LogP contribution in [0.2, 0.25) is 0 Å². The lowest BCUT2D eigenvalue weighted by Gasteiger charge is -2.06. The van der Waals surface area contributed by atoms with Crippen molar-refractivity contribution in [2.45, 2.75) is 95.0 Å². The first-order valence-electron chi connectivity index (χ1n) is 9.30. The molecule has 0 aromatic carbocycles. The van der Waals surface area contributed by atoms with Crippen LogP contribution in [0.3, 0.4) is 0 Å². The van der Waals surface area contributed by atoms with E-state index in [1.54, 1.807) is 0 Å². The van der Waals surface area contributed by atoms with Crippen molar-refractivity contribution in [2.24, 2.45) is 0 Å². The largest absolute Gasteiger partial charge is 0.452 e. The number of esters is 1. The van der Waals surface area contributed by atoms with Gasteiger partial charge in [0.25, 0.3) is 0 Å². The van der Waals surface area contributed by atoms with E-state index >= 15 is 0 Å². The van der Waals surface area contributed by atoms with Gasteiger partial charge in [-0.25, -0.2) is 0 Å². The van der Waals surface area contributed by atoms with Crippen LogP contribution < -0.4 is 0 Å². The molecule has 0 aromatic heterocycles. The van der Waals surface area contributed by atoms with Crippen molar-refractivity contribution in [3.63, 3.8) is 0 Å². The summed E-state index contributed by atoms with van der Waals surface area (Å²) >= 11 is 2.11. The molecule has 134 valence electrons. The van der Waals surface area contributed by atoms with E-state index in [1.807, 2.05) is 6.92 Å². The van der Waals surface area contributed by atoms with E-state index in [1.165, 1.54) is 51.4 Å². The SMILES string of the molecule is CCCCC/C=C\C/C=C\CCCCCCCC(=O)OC(C)I. The Hall–Kier alpha value is -0.320. The molecule has 1 unspecified atom stereocenters. The molecule has 23 heavy (non-hydrogen) atoms. The quantitative estimate of drug-likeness (QED) is 0.0902. The summed E-state index contributed by atoms with van der Waals surface area (Å²) in [5.41, 5.74) is 0. The van der Waals surface area contributed by atoms with Crippen molar-refractivity contribution in [1.82, 2.24) is 0 Å². The third-order valence-corrected chi connectivity index (χ3v) is 3.88. The zero-order chi connectivity index (χ0) is 17.2. The molecule has 0 N–H and O–H groups in total. The third-order valence-electron chi connectivity index (χ3n) is 3.63. The fourth-order valence-corrected chi connectivity index (χ4v) is 2.60. The van der Waals surface area contributed by atoms with Crippen LogP contribution >= 0.6 is 22.6 Å². The fourth-order valence-electron chi connectivity index (χ4n) is 2.32. The monoisotopic (exact) mass is 434 g/mol. The van der Waals surface area contributed by atoms with Gasteiger partial charge in [-0.05, 0) is 68.0 Å². The maximum atomic E-state index is 11.3. The molecule has 0 saturated heterocycles. The summed E-state index contributed by atoms with van der Waals surface area (Å²) in [6.45, 7) is 4.13. The predicted octanol–water partition coefficient (Wildman–Crippen LogP) is 7.12. The lowest BCUT2D eigenvalue weighted by molar-refractivity contribution is -0.144. The van der Waals surface area contributed by atoms with Crippen molar-refractivity contribution in [2.75, 3.05) is 0 Å². The molecule has 3 heteroatoms. The minimum absolute atomic E-state index is 0.0157. The molecule has 0 radical (unpaired) electrons. The number of carbonyl (C=O) groups excluding carboxylic acids is 1. The summed E-state index contributed by atoms with van der Waals surface area (Å²) in [6, 6.07) is 0. The topological polar surface area (TPSA) is 26.3 Å². The number of alkyl halides is 1. The van der Waals surface area contributed by atoms with Gasteiger partial charge in [-0.2, -0.15) is 0 Å². The van der Waals surface area contributed by atoms with Gasteiger partial charge >= 0.3 is 5.97 Å². The smallest absolute Gasteiger partial charge is 0.306 e. The number of ether oxygens (including phenoxy) is 1. The van der Waals surface area contributed by atoms with E-state index in [-0.39, 0.29) is 10.1 Å². The van der Waals surface area contributed by atoms with E-state index in [0.717, 1.165) is 19.3 Å². The van der Waals surface area contributed by atoms with Crippen LogP contribution in [-0.4, -0.2) is 10.1 Å². The van der Waals surface area contributed by atoms with Gasteiger partial charge < -0.3 is 4.74 Å². The Morgan fingerprint density at radius 1 is 0.913 bits per heavy atom. The van der Waals surface area contributed by atoms with Crippen molar-refractivity contribution >= 4 is 28.6 Å². The number of unbranched alkanes of at least 4 members (excludes halogenated alkanes) is 8. The van der Waals surface area contributed by atoms with Gasteiger partial charge in [-0.3, -0.25) is 4.79 Å². The summed E-state index contributed by atoms with van der Waals surface area (Å²) in [6.07, 6.45) is 23.0. The highest BCUT2D eigenvalue weighted by Gasteiger charge is 2.05. The van der Waals surface area contributed by atoms with Crippen molar-refractivity contribution in [1.29, 1.82) is 0 Å². The van der Waals surface area contributed by atoms with Crippen LogP contribution in [0.25, 0.3) is 0 Å². The zero-order valence-corrected chi connectivity index (χ0v) is 17.2. The Morgan fingerprint density at radius 3 is 2.09 bits per heavy atom. The Kier molecular flexibility index (Phi) is 17.8. The van der Waals surface area contributed by atoms with Gasteiger partial charge in [0.1, 0.15) is 4.11 Å². The highest BCUT2D eigenvalue weighted by atomic mass is 127. The Bertz CT molecular complexity index is 322. The van der Waals surface area contributed by atoms with Crippen LogP contribution in [0.5, 0.6) is 0 Å². The molecular weight excluding hydrogens is 399 g/mol. The van der Waals surface area contributed by atoms with E-state index in [0.29, 0.717) is 6.42 Å². The fraction of sp³-hybridized carbons (Fsp3) is 0.750. The minimum Gasteiger partial charge on any atom is -0.452 e. The molecule has 0 amide bonds. The normalized spacial score (nSPS) is 13.0. The maximum Gasteiger partial charge on any atom is 0.306 e. The second-order valence-corrected chi connectivity index (χ2v) is 7.77. The number of allylic oxidation sites excluding steroid dienone is 4. The molecule has 0 spiro atoms. The van der Waals surface area contributed by atoms with Crippen molar-refractivity contribution in [3.8, 4) is 0 Å². The minimum atomic E-state index is -0.0578. The lowest BCUT2D eigenvalue weighted by Crippen LogP contribution is -2.08. The van der Waals surface area contributed by atoms with E-state index in [4.69, 9.17) is 4.74 Å². The van der Waals surface area contributed by atoms with Crippen LogP contribution in [0, 0.1) is 0 Å². The lowest BCUT2D eigenvalue weighted by atomic mass is 10.1. The van der Waals surface area contributed by atoms with Crippen molar-refractivity contribution < 1.29 is 9.53 Å². The van der Waals surface area contributed by atoms with Gasteiger partial charge in [0.05, 0.1) is 0 Å². The van der Waals surface area contributed by atoms with Crippen LogP contribution in [-0.2, 0) is 9.53 Å². The molecule has 0 aliphatic carbocycles. The standard InChI is InChI=1S/C20H35IO2/c1-3-4-5-6-7-8-9-10-11-12-13-14-15-16-17-18-20(22)23-19(2)21/h7-8,10-11,19H,3-6,9,12-18H2,1-2H3/b8-7-,11-10-. The van der Waals surface area contributed by atoms with Crippen LogP contribution in [0.15, 0.2) is 24.3 Å². The Labute approximate surface area is 157 Å². The van der Waals surface area contributed by atoms with Crippen molar-refractivity contribution in [3.05, 3.63) is 24.3 Å². The molecule has 1 atom stereocenters. The molecule has 0 aliphatic rings. The molecule has 0 fully saturated rings. The number of rotatable bonds is 15. The first-order valence-corrected chi connectivity index (χ1v) is 10.5. The second-order valence-electron chi connectivity index (χ2n) is 6.01. The van der Waals surface area contributed by atoms with Gasteiger partial charge in [-0.15, -0.1) is 0 Å². The number of hydrogen-bond acceptors (Lipinski definition) is 2. The number of carbonyl (C=O) groups is 1. The number of halogens is 1. The summed E-state index contributed by atoms with van der Waals surface area (Å²) in [4.78, 5) is 11.3. The van der Waals surface area contributed by atoms with E-state index in [9.17, 15) is 4.79 Å². The average Bonchev–Trinajstić information content (AvgIpc) is 2.50. The van der Waals surface area contributed by atoms with Gasteiger partial charge in [0.15, 0.2) is 0 Å². The zero-order valence-electron chi connectivity index (χ0n) is 15.1. The summed E-state index contributed by atoms with van der Waals surface area (Å²) in [5, 5.41) is 0.